The predicted octanol–water partition coefficient (Wildman–Crippen LogP) is 2.65. The summed E-state index contributed by atoms with van der Waals surface area (Å²) in [5, 5.41) is 7.88. The molecule has 1 aromatic heterocycles. The third kappa shape index (κ3) is 4.13. The van der Waals surface area contributed by atoms with Gasteiger partial charge in [0.15, 0.2) is 0 Å². The number of primary sulfonamides is 1. The van der Waals surface area contributed by atoms with Gasteiger partial charge in [0.05, 0.1) is 6.04 Å². The van der Waals surface area contributed by atoms with E-state index in [0.717, 1.165) is 20.7 Å². The molecule has 0 fully saturated rings. The van der Waals surface area contributed by atoms with Crippen molar-refractivity contribution < 1.29 is 13.2 Å². The lowest BCUT2D eigenvalue weighted by molar-refractivity contribution is 0.0940. The molecule has 0 aliphatic carbocycles. The van der Waals surface area contributed by atoms with Gasteiger partial charge in [0.2, 0.25) is 10.0 Å². The number of carbonyl (C=O) groups excluding carboxylic acids is 1. The first-order valence-electron chi connectivity index (χ1n) is 5.96. The van der Waals surface area contributed by atoms with Gasteiger partial charge in [-0.3, -0.25) is 4.79 Å². The topological polar surface area (TPSA) is 89.3 Å². The number of amides is 1. The van der Waals surface area contributed by atoms with Crippen LogP contribution in [0.3, 0.4) is 0 Å². The first-order chi connectivity index (χ1) is 9.77. The van der Waals surface area contributed by atoms with Crippen molar-refractivity contribution in [2.75, 3.05) is 0 Å². The molecule has 0 radical (unpaired) electrons. The third-order valence-corrected chi connectivity index (χ3v) is 6.00. The summed E-state index contributed by atoms with van der Waals surface area (Å²) in [6, 6.07) is 9.76. The van der Waals surface area contributed by atoms with E-state index in [4.69, 9.17) is 5.14 Å². The van der Waals surface area contributed by atoms with Gasteiger partial charge in [-0.1, -0.05) is 15.9 Å². The lowest BCUT2D eigenvalue weighted by Gasteiger charge is -2.12. The summed E-state index contributed by atoms with van der Waals surface area (Å²) in [7, 11) is -3.70. The molecule has 8 heteroatoms. The van der Waals surface area contributed by atoms with Crippen molar-refractivity contribution in [3.63, 3.8) is 0 Å². The zero-order valence-corrected chi connectivity index (χ0v) is 14.3. The summed E-state index contributed by atoms with van der Waals surface area (Å²) >= 11 is 4.36. The van der Waals surface area contributed by atoms with Crippen molar-refractivity contribution in [1.29, 1.82) is 0 Å². The Kier molecular flexibility index (Phi) is 4.82. The Balaban J connectivity index is 2.11. The Morgan fingerprint density at radius 3 is 2.38 bits per heavy atom. The van der Waals surface area contributed by atoms with E-state index in [1.807, 2.05) is 0 Å². The second-order valence-corrected chi connectivity index (χ2v) is 8.22. The normalized spacial score (nSPS) is 12.9. The van der Waals surface area contributed by atoms with Crippen LogP contribution in [0.5, 0.6) is 0 Å². The van der Waals surface area contributed by atoms with E-state index in [1.165, 1.54) is 6.07 Å². The molecule has 2 rings (SSSR count). The van der Waals surface area contributed by atoms with E-state index in [-0.39, 0.29) is 16.2 Å². The summed E-state index contributed by atoms with van der Waals surface area (Å²) in [5.74, 6) is -0.222. The second-order valence-electron chi connectivity index (χ2n) is 4.40. The number of rotatable bonds is 4. The highest BCUT2D eigenvalue weighted by Gasteiger charge is 2.16. The summed E-state index contributed by atoms with van der Waals surface area (Å²) in [6.07, 6.45) is 0. The molecule has 1 atom stereocenters. The molecule has 0 saturated heterocycles. The van der Waals surface area contributed by atoms with Gasteiger partial charge in [0, 0.05) is 14.9 Å². The first-order valence-corrected chi connectivity index (χ1v) is 9.12. The number of carbonyl (C=O) groups is 1. The monoisotopic (exact) mass is 388 g/mol. The maximum absolute atomic E-state index is 12.1. The van der Waals surface area contributed by atoms with E-state index in [9.17, 15) is 13.2 Å². The van der Waals surface area contributed by atoms with Crippen LogP contribution < -0.4 is 10.5 Å². The smallest absolute Gasteiger partial charge is 0.251 e. The van der Waals surface area contributed by atoms with Crippen molar-refractivity contribution in [3.8, 4) is 0 Å². The Morgan fingerprint density at radius 1 is 1.24 bits per heavy atom. The minimum atomic E-state index is -3.70. The summed E-state index contributed by atoms with van der Waals surface area (Å²) in [6.45, 7) is 1.79. The van der Waals surface area contributed by atoms with Crippen LogP contribution in [0, 0.1) is 0 Å². The maximum Gasteiger partial charge on any atom is 0.251 e. The maximum atomic E-state index is 12.1. The fourth-order valence-electron chi connectivity index (χ4n) is 1.67. The zero-order valence-electron chi connectivity index (χ0n) is 11.0. The fourth-order valence-corrected chi connectivity index (χ4v) is 3.69. The Bertz CT molecular complexity index is 754. The van der Waals surface area contributed by atoms with E-state index < -0.39 is 10.0 Å². The van der Waals surface area contributed by atoms with Gasteiger partial charge in [-0.25, -0.2) is 13.6 Å². The summed E-state index contributed by atoms with van der Waals surface area (Å²) in [4.78, 5) is 12.8. The largest absolute Gasteiger partial charge is 0.345 e. The van der Waals surface area contributed by atoms with Crippen LogP contribution >= 0.6 is 27.3 Å². The molecule has 3 N–H and O–H groups in total. The number of sulfonamides is 1. The van der Waals surface area contributed by atoms with Crippen molar-refractivity contribution in [2.24, 2.45) is 5.14 Å². The van der Waals surface area contributed by atoms with Crippen molar-refractivity contribution in [2.45, 2.75) is 17.2 Å². The molecule has 0 bridgehead atoms. The molecule has 1 aromatic carbocycles. The molecule has 1 unspecified atom stereocenters. The molecule has 21 heavy (non-hydrogen) atoms. The molecule has 5 nitrogen and oxygen atoms in total. The lowest BCUT2D eigenvalue weighted by atomic mass is 10.2. The lowest BCUT2D eigenvalue weighted by Crippen LogP contribution is -2.26. The SMILES string of the molecule is CC(NC(=O)c1ccc(Br)cc1)c1ccc(S(N)(=O)=O)s1. The van der Waals surface area contributed by atoms with Crippen LogP contribution in [-0.4, -0.2) is 14.3 Å². The number of hydrogen-bond donors (Lipinski definition) is 2. The van der Waals surface area contributed by atoms with E-state index in [2.05, 4.69) is 21.2 Å². The van der Waals surface area contributed by atoms with Gasteiger partial charge in [-0.15, -0.1) is 11.3 Å². The zero-order chi connectivity index (χ0) is 15.6. The molecule has 2 aromatic rings. The molecular formula is C13H13BrN2O3S2. The summed E-state index contributed by atoms with van der Waals surface area (Å²) in [5.41, 5.74) is 0.535. The Hall–Kier alpha value is -1.22. The first kappa shape index (κ1) is 16.2. The molecule has 1 amide bonds. The van der Waals surface area contributed by atoms with Crippen LogP contribution in [0.4, 0.5) is 0 Å². The molecule has 112 valence electrons. The molecule has 0 aliphatic rings. The predicted molar refractivity (Wildman–Crippen MR) is 85.7 cm³/mol. The van der Waals surface area contributed by atoms with Crippen LogP contribution in [0.15, 0.2) is 45.1 Å². The average Bonchev–Trinajstić information content (AvgIpc) is 2.88. The number of nitrogens with one attached hydrogen (secondary N) is 1. The number of nitrogens with two attached hydrogens (primary N) is 1. The van der Waals surface area contributed by atoms with E-state index in [0.29, 0.717) is 5.56 Å². The quantitative estimate of drug-likeness (QED) is 0.843. The van der Waals surface area contributed by atoms with Crippen LogP contribution in [0.25, 0.3) is 0 Å². The van der Waals surface area contributed by atoms with Gasteiger partial charge >= 0.3 is 0 Å². The van der Waals surface area contributed by atoms with Gasteiger partial charge in [0.1, 0.15) is 4.21 Å². The number of halogens is 1. The highest BCUT2D eigenvalue weighted by atomic mass is 79.9. The minimum Gasteiger partial charge on any atom is -0.345 e. The number of benzene rings is 1. The average molecular weight is 389 g/mol. The second kappa shape index (κ2) is 6.27. The van der Waals surface area contributed by atoms with Gasteiger partial charge in [-0.05, 0) is 43.3 Å². The van der Waals surface area contributed by atoms with Gasteiger partial charge in [-0.2, -0.15) is 0 Å². The number of thiophene rings is 1. The summed E-state index contributed by atoms with van der Waals surface area (Å²) < 4.78 is 23.5. The highest BCUT2D eigenvalue weighted by Crippen LogP contribution is 2.26. The van der Waals surface area contributed by atoms with Gasteiger partial charge in [0.25, 0.3) is 5.91 Å². The molecule has 0 saturated carbocycles. The highest BCUT2D eigenvalue weighted by molar-refractivity contribution is 9.10. The Morgan fingerprint density at radius 2 is 1.86 bits per heavy atom. The minimum absolute atomic E-state index is 0.0854. The third-order valence-electron chi connectivity index (χ3n) is 2.76. The van der Waals surface area contributed by atoms with E-state index >= 15 is 0 Å². The van der Waals surface area contributed by atoms with Crippen LogP contribution in [-0.2, 0) is 10.0 Å². The number of hydrogen-bond acceptors (Lipinski definition) is 4. The van der Waals surface area contributed by atoms with Gasteiger partial charge < -0.3 is 5.32 Å². The van der Waals surface area contributed by atoms with Crippen molar-refractivity contribution in [3.05, 3.63) is 51.3 Å². The van der Waals surface area contributed by atoms with Crippen molar-refractivity contribution >= 4 is 43.2 Å². The Labute approximate surface area is 135 Å². The fraction of sp³-hybridized carbons (Fsp3) is 0.154. The molecular weight excluding hydrogens is 376 g/mol. The molecule has 0 aliphatic heterocycles. The van der Waals surface area contributed by atoms with Crippen molar-refractivity contribution in [1.82, 2.24) is 5.32 Å². The molecule has 0 spiro atoms. The standard InChI is InChI=1S/C13H13BrN2O3S2/c1-8(11-6-7-12(20-11)21(15,18)19)16-13(17)9-2-4-10(14)5-3-9/h2-8H,1H3,(H,16,17)(H2,15,18,19). The molecule has 1 heterocycles. The van der Waals surface area contributed by atoms with Crippen LogP contribution in [0.2, 0.25) is 0 Å². The van der Waals surface area contributed by atoms with Crippen LogP contribution in [0.1, 0.15) is 28.2 Å². The van der Waals surface area contributed by atoms with E-state index in [1.54, 1.807) is 37.3 Å².